The molecule has 0 bridgehead atoms. The Morgan fingerprint density at radius 3 is 2.15 bits per heavy atom. The van der Waals surface area contributed by atoms with Crippen LogP contribution >= 0.6 is 7.60 Å². The van der Waals surface area contributed by atoms with Gasteiger partial charge in [-0.1, -0.05) is 51.1 Å². The van der Waals surface area contributed by atoms with Gasteiger partial charge < -0.3 is 51.8 Å². The van der Waals surface area contributed by atoms with Gasteiger partial charge in [-0.15, -0.1) is 0 Å². The number of hydrogen-bond acceptors (Lipinski definition) is 11. The van der Waals surface area contributed by atoms with Crippen molar-refractivity contribution in [3.8, 4) is 0 Å². The van der Waals surface area contributed by atoms with Crippen LogP contribution in [0.1, 0.15) is 58.2 Å². The quantitative estimate of drug-likeness (QED) is 0.0476. The molecule has 7 amide bonds. The number of carbonyl (C=O) groups is 7. The van der Waals surface area contributed by atoms with E-state index >= 15 is 0 Å². The summed E-state index contributed by atoms with van der Waals surface area (Å²) in [4.78, 5) is 123. The number of H-pyrrole nitrogens is 1. The Labute approximate surface area is 343 Å². The van der Waals surface area contributed by atoms with Crippen molar-refractivity contribution in [2.24, 2.45) is 17.6 Å². The van der Waals surface area contributed by atoms with Crippen LogP contribution in [0.25, 0.3) is 0 Å². The number of likely N-dealkylation sites (tertiary alicyclic amines) is 1. The summed E-state index contributed by atoms with van der Waals surface area (Å²) >= 11 is 0. The monoisotopic (exact) mass is 871 g/mol. The second-order valence-electron chi connectivity index (χ2n) is 14.8. The lowest BCUT2D eigenvalue weighted by molar-refractivity contribution is -0.139. The van der Waals surface area contributed by atoms with Crippen LogP contribution in [-0.2, 0) is 55.8 Å². The number of hydroxylamine groups is 1. The number of nitrogens with zero attached hydrogens (tertiary/aromatic N) is 2. The zero-order valence-corrected chi connectivity index (χ0v) is 34.2. The molecule has 11 N–H and O–H groups in total. The maximum Gasteiger partial charge on any atom is 0.394 e. The summed E-state index contributed by atoms with van der Waals surface area (Å²) in [5.41, 5.74) is 3.94. The van der Waals surface area contributed by atoms with E-state index in [1.165, 1.54) is 24.3 Å². The number of halogens is 2. The number of aromatic amines is 1. The van der Waals surface area contributed by atoms with Crippen LogP contribution in [0.2, 0.25) is 0 Å². The second-order valence-corrected chi connectivity index (χ2v) is 16.4. The molecule has 0 saturated carbocycles. The minimum Gasteiger partial charge on any atom is -0.394 e. The molecule has 60 heavy (non-hydrogen) atoms. The van der Waals surface area contributed by atoms with Gasteiger partial charge in [0.25, 0.3) is 0 Å². The van der Waals surface area contributed by atoms with E-state index in [4.69, 9.17) is 20.4 Å². The van der Waals surface area contributed by atoms with Gasteiger partial charge in [-0.25, -0.2) is 10.5 Å². The molecule has 0 spiro atoms. The summed E-state index contributed by atoms with van der Waals surface area (Å²) in [5, 5.41) is 19.0. The highest BCUT2D eigenvalue weighted by molar-refractivity contribution is 7.53. The number of aliphatic hydroxyl groups is 1. The average molecular weight is 872 g/mol. The normalized spacial score (nSPS) is 18.1. The third-order valence-corrected chi connectivity index (χ3v) is 10.8. The van der Waals surface area contributed by atoms with Crippen molar-refractivity contribution in [1.29, 1.82) is 0 Å². The number of carbonyl (C=O) groups excluding carboxylic acids is 7. The van der Waals surface area contributed by atoms with Crippen molar-refractivity contribution in [3.63, 3.8) is 0 Å². The predicted octanol–water partition coefficient (Wildman–Crippen LogP) is -1.51. The fourth-order valence-electron chi connectivity index (χ4n) is 6.28. The summed E-state index contributed by atoms with van der Waals surface area (Å²) in [7, 11) is -6.15. The molecular weight excluding hydrogens is 819 g/mol. The van der Waals surface area contributed by atoms with Gasteiger partial charge in [0.1, 0.15) is 36.3 Å². The number of hydrogen-bond donors (Lipinski definition) is 10. The molecule has 24 heteroatoms. The van der Waals surface area contributed by atoms with E-state index in [1.807, 2.05) is 30.3 Å². The summed E-state index contributed by atoms with van der Waals surface area (Å²) in [6.45, 7) is 4.07. The number of amides is 7. The lowest BCUT2D eigenvalue weighted by Crippen LogP contribution is -2.61. The maximum absolute atomic E-state index is 14.4. The zero-order valence-electron chi connectivity index (χ0n) is 33.3. The highest BCUT2D eigenvalue weighted by atomic mass is 31.2. The first-order valence-electron chi connectivity index (χ1n) is 18.8. The number of primary amides is 1. The zero-order chi connectivity index (χ0) is 44.9. The minimum absolute atomic E-state index is 0.0355. The van der Waals surface area contributed by atoms with E-state index in [1.54, 1.807) is 19.2 Å². The van der Waals surface area contributed by atoms with Crippen LogP contribution in [0.15, 0.2) is 42.9 Å². The van der Waals surface area contributed by atoms with Crippen molar-refractivity contribution < 1.29 is 66.6 Å². The number of benzene rings is 1. The fourth-order valence-corrected chi connectivity index (χ4v) is 6.96. The van der Waals surface area contributed by atoms with Gasteiger partial charge in [0, 0.05) is 38.1 Å². The van der Waals surface area contributed by atoms with E-state index in [9.17, 15) is 52.0 Å². The Morgan fingerprint density at radius 1 is 0.983 bits per heavy atom. The first kappa shape index (κ1) is 49.0. The van der Waals surface area contributed by atoms with Crippen LogP contribution in [0.4, 0.5) is 8.78 Å². The summed E-state index contributed by atoms with van der Waals surface area (Å²) in [6, 6.07) is 0.977. The molecule has 2 aromatic rings. The Kier molecular flexibility index (Phi) is 17.8. The summed E-state index contributed by atoms with van der Waals surface area (Å²) in [6.07, 6.45) is 2.08. The highest BCUT2D eigenvalue weighted by Gasteiger charge is 2.57. The van der Waals surface area contributed by atoms with E-state index in [0.29, 0.717) is 19.0 Å². The van der Waals surface area contributed by atoms with Gasteiger partial charge in [-0.05, 0) is 24.3 Å². The molecule has 332 valence electrons. The second kappa shape index (κ2) is 21.8. The number of imidazole rings is 1. The Morgan fingerprint density at radius 2 is 1.60 bits per heavy atom. The third kappa shape index (κ3) is 13.9. The molecule has 2 heterocycles. The number of aliphatic hydroxyl groups excluding tert-OH is 1. The lowest BCUT2D eigenvalue weighted by Gasteiger charge is -2.31. The van der Waals surface area contributed by atoms with Gasteiger partial charge in [0.2, 0.25) is 41.4 Å². The Hall–Kier alpha value is -5.35. The number of nitrogens with two attached hydrogens (primary N) is 1. The van der Waals surface area contributed by atoms with Gasteiger partial charge in [0.05, 0.1) is 25.4 Å². The lowest BCUT2D eigenvalue weighted by atomic mass is 10.0. The molecule has 3 rings (SSSR count). The van der Waals surface area contributed by atoms with Crippen LogP contribution in [0.5, 0.6) is 0 Å². The molecule has 1 aliphatic rings. The summed E-state index contributed by atoms with van der Waals surface area (Å²) in [5.74, 6) is -9.43. The number of aryl methyl sites for hydroxylation is 1. The minimum atomic E-state index is -6.15. The molecule has 21 nitrogen and oxygen atoms in total. The van der Waals surface area contributed by atoms with Gasteiger partial charge in [-0.2, -0.15) is 8.78 Å². The van der Waals surface area contributed by atoms with E-state index in [0.717, 1.165) is 5.56 Å². The van der Waals surface area contributed by atoms with Crippen LogP contribution < -0.4 is 32.5 Å². The SMILES string of the molecule is CC(=O)N1C[C@H](ONC(=O)CCc2ccccc2)C[C@H]1C(=O)N[C@@H](CC(C)C)C(=O)N[C@@H](Cc1cnc[nH]1)C(=O)N[C@@H](CO)C(=O)N[C@H](C(N)=O)[C@@H](C)C(F)(F)P(=O)(O)O. The molecule has 0 radical (unpaired) electrons. The Balaban J connectivity index is 1.74. The average Bonchev–Trinajstić information content (AvgIpc) is 3.86. The van der Waals surface area contributed by atoms with Gasteiger partial charge in [0.15, 0.2) is 0 Å². The van der Waals surface area contributed by atoms with Crippen molar-refractivity contribution >= 4 is 48.9 Å². The molecule has 1 fully saturated rings. The Bertz CT molecular complexity index is 1870. The van der Waals surface area contributed by atoms with Gasteiger partial charge >= 0.3 is 13.3 Å². The largest absolute Gasteiger partial charge is 0.394 e. The van der Waals surface area contributed by atoms with E-state index in [-0.39, 0.29) is 38.1 Å². The molecule has 1 saturated heterocycles. The van der Waals surface area contributed by atoms with Crippen molar-refractivity contribution in [3.05, 3.63) is 54.1 Å². The van der Waals surface area contributed by atoms with Crippen molar-refractivity contribution in [2.45, 2.75) is 102 Å². The van der Waals surface area contributed by atoms with Crippen LogP contribution in [0, 0.1) is 11.8 Å². The third-order valence-electron chi connectivity index (χ3n) is 9.60. The van der Waals surface area contributed by atoms with E-state index < -0.39 is 103 Å². The molecule has 1 aromatic heterocycles. The van der Waals surface area contributed by atoms with Crippen LogP contribution in [-0.4, -0.2) is 126 Å². The number of alkyl halides is 2. The fraction of sp³-hybridized carbons (Fsp3) is 0.556. The van der Waals surface area contributed by atoms with E-state index in [2.05, 4.69) is 31.4 Å². The smallest absolute Gasteiger partial charge is 0.394 e. The molecular formula is C36H52F2N9O12P. The van der Waals surface area contributed by atoms with Crippen LogP contribution in [0.3, 0.4) is 0 Å². The first-order valence-corrected chi connectivity index (χ1v) is 20.4. The first-order chi connectivity index (χ1) is 28.0. The molecule has 1 aliphatic heterocycles. The number of rotatable bonds is 22. The highest BCUT2D eigenvalue weighted by Crippen LogP contribution is 2.57. The predicted molar refractivity (Wildman–Crippen MR) is 205 cm³/mol. The maximum atomic E-state index is 14.4. The molecule has 0 aliphatic carbocycles. The van der Waals surface area contributed by atoms with Crippen molar-refractivity contribution in [2.75, 3.05) is 13.2 Å². The van der Waals surface area contributed by atoms with Crippen molar-refractivity contribution in [1.82, 2.24) is 41.6 Å². The number of aromatic nitrogens is 2. The topological polar surface area (TPSA) is 325 Å². The molecule has 0 unspecified atom stereocenters. The van der Waals surface area contributed by atoms with Gasteiger partial charge in [-0.3, -0.25) is 43.0 Å². The number of nitrogens with one attached hydrogen (secondary N) is 6. The standard InChI is InChI=1S/C36H52F2N9O12P/c1-19(2)12-25(43-35(55)28-14-24(16-47(28)21(4)49)59-46-29(50)11-10-22-8-6-5-7-9-22)32(52)42-26(13-23-15-40-18-41-23)33(53)44-27(17-48)34(54)45-30(31(39)51)20(3)36(37,38)60(56,57)58/h5-9,15,18-20,24-28,30,48H,10-14,16-17H2,1-4H3,(H2,39,51)(H,40,41)(H,42,52)(H,43,55)(H,44,53)(H,45,54)(H,46,50)(H2,56,57,58)/t20-,24-,25+,26+,27+,28+,30+/m1/s1. The molecule has 7 atom stereocenters. The molecule has 1 aromatic carbocycles. The summed E-state index contributed by atoms with van der Waals surface area (Å²) < 4.78 is 40.3.